The lowest BCUT2D eigenvalue weighted by atomic mass is 10.1. The van der Waals surface area contributed by atoms with Crippen LogP contribution in [0.3, 0.4) is 0 Å². The lowest BCUT2D eigenvalue weighted by molar-refractivity contribution is -0.141. The Morgan fingerprint density at radius 3 is 2.72 bits per heavy atom. The summed E-state index contributed by atoms with van der Waals surface area (Å²) in [6, 6.07) is 14.7. The van der Waals surface area contributed by atoms with Crippen LogP contribution in [0.1, 0.15) is 35.4 Å². The van der Waals surface area contributed by atoms with Gasteiger partial charge in [-0.1, -0.05) is 36.2 Å². The molecule has 152 valence electrons. The number of para-hydroxylation sites is 2. The van der Waals surface area contributed by atoms with Crippen LogP contribution in [0, 0.1) is 0 Å². The van der Waals surface area contributed by atoms with E-state index in [1.54, 1.807) is 24.3 Å². The number of benzene rings is 2. The van der Waals surface area contributed by atoms with Crippen molar-refractivity contribution in [2.75, 3.05) is 13.7 Å². The lowest BCUT2D eigenvalue weighted by Gasteiger charge is -2.08. The first-order chi connectivity index (χ1) is 14.1. The number of hydrogen-bond acceptors (Lipinski definition) is 4. The number of amides is 1. The fourth-order valence-electron chi connectivity index (χ4n) is 3.20. The van der Waals surface area contributed by atoms with Crippen LogP contribution in [0.4, 0.5) is 0 Å². The summed E-state index contributed by atoms with van der Waals surface area (Å²) in [6.07, 6.45) is 3.48. The molecule has 1 N–H and O–H groups in total. The van der Waals surface area contributed by atoms with Crippen molar-refractivity contribution in [2.45, 2.75) is 32.2 Å². The second-order valence-corrected chi connectivity index (χ2v) is 7.19. The minimum absolute atomic E-state index is 0.118. The van der Waals surface area contributed by atoms with Crippen molar-refractivity contribution in [3.05, 3.63) is 64.9 Å². The molecule has 0 spiro atoms. The summed E-state index contributed by atoms with van der Waals surface area (Å²) in [4.78, 5) is 28.5. The number of esters is 1. The van der Waals surface area contributed by atoms with Crippen LogP contribution in [-0.2, 0) is 22.5 Å². The zero-order chi connectivity index (χ0) is 20.6. The van der Waals surface area contributed by atoms with Gasteiger partial charge in [0.25, 0.3) is 5.91 Å². The molecule has 1 amide bonds. The molecule has 7 heteroatoms. The number of methoxy groups -OCH3 is 1. The van der Waals surface area contributed by atoms with Crippen LogP contribution < -0.4 is 5.32 Å². The molecule has 2 aromatic carbocycles. The summed E-state index contributed by atoms with van der Waals surface area (Å²) in [5.41, 5.74) is 2.37. The maximum absolute atomic E-state index is 12.1. The Hall–Kier alpha value is -2.86. The van der Waals surface area contributed by atoms with Gasteiger partial charge in [-0.25, -0.2) is 4.98 Å². The molecule has 3 rings (SSSR count). The van der Waals surface area contributed by atoms with Crippen molar-refractivity contribution in [3.8, 4) is 0 Å². The third-order valence-corrected chi connectivity index (χ3v) is 4.93. The van der Waals surface area contributed by atoms with Crippen molar-refractivity contribution in [1.29, 1.82) is 0 Å². The number of nitrogens with zero attached hydrogens (tertiary/aromatic N) is 2. The molecule has 0 unspecified atom stereocenters. The Labute approximate surface area is 174 Å². The van der Waals surface area contributed by atoms with Crippen LogP contribution in [-0.4, -0.2) is 35.1 Å². The summed E-state index contributed by atoms with van der Waals surface area (Å²) in [7, 11) is 1.39. The molecule has 0 aliphatic carbocycles. The van der Waals surface area contributed by atoms with Crippen LogP contribution in [0.15, 0.2) is 48.5 Å². The van der Waals surface area contributed by atoms with Gasteiger partial charge in [-0.3, -0.25) is 9.59 Å². The van der Waals surface area contributed by atoms with Crippen molar-refractivity contribution in [3.63, 3.8) is 0 Å². The quantitative estimate of drug-likeness (QED) is 0.425. The average molecular weight is 414 g/mol. The van der Waals surface area contributed by atoms with E-state index in [1.807, 2.05) is 28.8 Å². The van der Waals surface area contributed by atoms with Gasteiger partial charge in [-0.15, -0.1) is 0 Å². The zero-order valence-corrected chi connectivity index (χ0v) is 17.1. The Kier molecular flexibility index (Phi) is 7.25. The average Bonchev–Trinajstić information content (AvgIpc) is 3.07. The van der Waals surface area contributed by atoms with Crippen LogP contribution in [0.25, 0.3) is 11.0 Å². The van der Waals surface area contributed by atoms with Crippen LogP contribution in [0.2, 0.25) is 5.02 Å². The summed E-state index contributed by atoms with van der Waals surface area (Å²) in [5.74, 6) is 0.463. The number of carbonyl (C=O) groups excluding carboxylic acids is 2. The second kappa shape index (κ2) is 10.1. The Bertz CT molecular complexity index is 1000. The van der Waals surface area contributed by atoms with E-state index in [1.165, 1.54) is 7.11 Å². The number of aromatic nitrogens is 2. The molecule has 0 bridgehead atoms. The van der Waals surface area contributed by atoms with Crippen molar-refractivity contribution < 1.29 is 14.3 Å². The first-order valence-electron chi connectivity index (χ1n) is 9.63. The number of aryl methyl sites for hydroxylation is 1. The van der Waals surface area contributed by atoms with Gasteiger partial charge in [0.05, 0.1) is 18.1 Å². The predicted molar refractivity (Wildman–Crippen MR) is 113 cm³/mol. The van der Waals surface area contributed by atoms with Gasteiger partial charge >= 0.3 is 5.97 Å². The highest BCUT2D eigenvalue weighted by Gasteiger charge is 2.13. The number of rotatable bonds is 9. The standard InChI is InChI=1S/C22H24ClN3O3/c1-29-21(27)15-26-19-11-5-4-10-18(19)25-20(26)12-3-2-6-13-24-22(28)16-8-7-9-17(23)14-16/h4-5,7-11,14H,2-3,6,12-13,15H2,1H3,(H,24,28). The highest BCUT2D eigenvalue weighted by molar-refractivity contribution is 6.30. The van der Waals surface area contributed by atoms with Crippen LogP contribution >= 0.6 is 11.6 Å². The minimum Gasteiger partial charge on any atom is -0.468 e. The van der Waals surface area contributed by atoms with Crippen molar-refractivity contribution >= 4 is 34.5 Å². The Morgan fingerprint density at radius 1 is 1.10 bits per heavy atom. The second-order valence-electron chi connectivity index (χ2n) is 6.76. The van der Waals surface area contributed by atoms with E-state index in [4.69, 9.17) is 16.3 Å². The van der Waals surface area contributed by atoms with E-state index in [9.17, 15) is 9.59 Å². The van der Waals surface area contributed by atoms with Gasteiger partial charge in [0.1, 0.15) is 12.4 Å². The monoisotopic (exact) mass is 413 g/mol. The van der Waals surface area contributed by atoms with Crippen LogP contribution in [0.5, 0.6) is 0 Å². The summed E-state index contributed by atoms with van der Waals surface area (Å²) < 4.78 is 6.73. The first-order valence-corrected chi connectivity index (χ1v) is 10.0. The molecule has 1 aromatic heterocycles. The molecule has 0 saturated heterocycles. The molecule has 3 aromatic rings. The Morgan fingerprint density at radius 2 is 1.93 bits per heavy atom. The molecule has 0 saturated carbocycles. The molecule has 0 aliphatic rings. The SMILES string of the molecule is COC(=O)Cn1c(CCCCCNC(=O)c2cccc(Cl)c2)nc2ccccc21. The molecule has 29 heavy (non-hydrogen) atoms. The Balaban J connectivity index is 1.49. The third-order valence-electron chi connectivity index (χ3n) is 4.70. The highest BCUT2D eigenvalue weighted by atomic mass is 35.5. The van der Waals surface area contributed by atoms with E-state index in [2.05, 4.69) is 10.3 Å². The zero-order valence-electron chi connectivity index (χ0n) is 16.4. The fraction of sp³-hybridized carbons (Fsp3) is 0.318. The molecule has 0 atom stereocenters. The number of unbranched alkanes of at least 4 members (excludes halogenated alkanes) is 2. The number of imidazole rings is 1. The predicted octanol–water partition coefficient (Wildman–Crippen LogP) is 4.01. The normalized spacial score (nSPS) is 10.8. The molecule has 6 nitrogen and oxygen atoms in total. The van der Waals surface area contributed by atoms with E-state index in [0.717, 1.165) is 42.5 Å². The molecule has 0 aliphatic heterocycles. The number of hydrogen-bond donors (Lipinski definition) is 1. The maximum atomic E-state index is 12.1. The number of nitrogens with one attached hydrogen (secondary N) is 1. The maximum Gasteiger partial charge on any atom is 0.325 e. The highest BCUT2D eigenvalue weighted by Crippen LogP contribution is 2.18. The number of halogens is 1. The molecular formula is C22H24ClN3O3. The van der Waals surface area contributed by atoms with E-state index < -0.39 is 0 Å². The van der Waals surface area contributed by atoms with E-state index in [0.29, 0.717) is 17.1 Å². The van der Waals surface area contributed by atoms with Gasteiger partial charge in [-0.2, -0.15) is 0 Å². The number of carbonyl (C=O) groups is 2. The lowest BCUT2D eigenvalue weighted by Crippen LogP contribution is -2.24. The van der Waals surface area contributed by atoms with Gasteiger partial charge in [0, 0.05) is 23.6 Å². The largest absolute Gasteiger partial charge is 0.468 e. The molecule has 0 fully saturated rings. The number of ether oxygens (including phenoxy) is 1. The third kappa shape index (κ3) is 5.57. The van der Waals surface area contributed by atoms with Gasteiger partial charge in [0.2, 0.25) is 0 Å². The molecule has 0 radical (unpaired) electrons. The molecular weight excluding hydrogens is 390 g/mol. The first kappa shape index (κ1) is 20.9. The summed E-state index contributed by atoms with van der Waals surface area (Å²) >= 11 is 5.92. The van der Waals surface area contributed by atoms with Crippen molar-refractivity contribution in [2.24, 2.45) is 0 Å². The molecule has 1 heterocycles. The van der Waals surface area contributed by atoms with Crippen molar-refractivity contribution in [1.82, 2.24) is 14.9 Å². The van der Waals surface area contributed by atoms with E-state index in [-0.39, 0.29) is 18.4 Å². The van der Waals surface area contributed by atoms with Gasteiger partial charge in [0.15, 0.2) is 0 Å². The summed E-state index contributed by atoms with van der Waals surface area (Å²) in [5, 5.41) is 3.46. The summed E-state index contributed by atoms with van der Waals surface area (Å²) in [6.45, 7) is 0.756. The van der Waals surface area contributed by atoms with E-state index >= 15 is 0 Å². The van der Waals surface area contributed by atoms with Gasteiger partial charge in [-0.05, 0) is 43.2 Å². The smallest absolute Gasteiger partial charge is 0.325 e. The number of fused-ring (bicyclic) bond motifs is 1. The van der Waals surface area contributed by atoms with Gasteiger partial charge < -0.3 is 14.6 Å². The fourth-order valence-corrected chi connectivity index (χ4v) is 3.40. The minimum atomic E-state index is -0.293. The topological polar surface area (TPSA) is 73.2 Å².